The van der Waals surface area contributed by atoms with Crippen LogP contribution < -0.4 is 5.32 Å². The Bertz CT molecular complexity index is 289. The summed E-state index contributed by atoms with van der Waals surface area (Å²) in [4.78, 5) is 22.3. The Morgan fingerprint density at radius 1 is 1.64 bits per heavy atom. The van der Waals surface area contributed by atoms with Gasteiger partial charge in [0.15, 0.2) is 0 Å². The lowest BCUT2D eigenvalue weighted by atomic mass is 9.78. The predicted octanol–water partition coefficient (Wildman–Crippen LogP) is 0.766. The molecule has 3 atom stereocenters. The summed E-state index contributed by atoms with van der Waals surface area (Å²) in [7, 11) is 0. The van der Waals surface area contributed by atoms with E-state index >= 15 is 0 Å². The molecule has 2 rings (SSSR count). The molecule has 0 aromatic rings. The Labute approximate surface area is 82.7 Å². The van der Waals surface area contributed by atoms with E-state index in [-0.39, 0.29) is 11.3 Å². The van der Waals surface area contributed by atoms with Gasteiger partial charge >= 0.3 is 5.97 Å². The maximum Gasteiger partial charge on any atom is 0.326 e. The first-order chi connectivity index (χ1) is 6.53. The lowest BCUT2D eigenvalue weighted by Gasteiger charge is -2.26. The van der Waals surface area contributed by atoms with Crippen molar-refractivity contribution in [3.05, 3.63) is 0 Å². The molecular formula is C10H15NO3. The van der Waals surface area contributed by atoms with Gasteiger partial charge in [0.25, 0.3) is 0 Å². The van der Waals surface area contributed by atoms with Gasteiger partial charge in [-0.1, -0.05) is 13.3 Å². The van der Waals surface area contributed by atoms with Crippen molar-refractivity contribution in [3.63, 3.8) is 0 Å². The topological polar surface area (TPSA) is 66.4 Å². The average molecular weight is 197 g/mol. The van der Waals surface area contributed by atoms with E-state index in [4.69, 9.17) is 5.11 Å². The first-order valence-corrected chi connectivity index (χ1v) is 5.06. The van der Waals surface area contributed by atoms with Crippen LogP contribution in [0.1, 0.15) is 32.6 Å². The molecule has 2 fully saturated rings. The van der Waals surface area contributed by atoms with Crippen LogP contribution in [0.4, 0.5) is 0 Å². The number of aliphatic carboxylic acids is 1. The molecular weight excluding hydrogens is 182 g/mol. The van der Waals surface area contributed by atoms with Gasteiger partial charge in [-0.2, -0.15) is 0 Å². The highest BCUT2D eigenvalue weighted by Crippen LogP contribution is 2.49. The Balaban J connectivity index is 2.24. The Morgan fingerprint density at radius 3 is 2.86 bits per heavy atom. The number of carboxylic acids is 1. The van der Waals surface area contributed by atoms with E-state index in [1.165, 1.54) is 0 Å². The van der Waals surface area contributed by atoms with Crippen LogP contribution in [0, 0.1) is 11.3 Å². The molecule has 2 aliphatic rings. The number of nitrogens with one attached hydrogen (secondary N) is 1. The predicted molar refractivity (Wildman–Crippen MR) is 49.6 cm³/mol. The lowest BCUT2D eigenvalue weighted by molar-refractivity contribution is -0.142. The number of hydrogen-bond acceptors (Lipinski definition) is 2. The zero-order valence-corrected chi connectivity index (χ0v) is 8.25. The van der Waals surface area contributed by atoms with Gasteiger partial charge in [-0.15, -0.1) is 0 Å². The second kappa shape index (κ2) is 2.97. The van der Waals surface area contributed by atoms with Crippen molar-refractivity contribution in [2.45, 2.75) is 38.6 Å². The maximum absolute atomic E-state index is 11.3. The quantitative estimate of drug-likeness (QED) is 0.652. The van der Waals surface area contributed by atoms with E-state index in [0.29, 0.717) is 12.3 Å². The fourth-order valence-corrected chi connectivity index (χ4v) is 2.97. The second-order valence-electron chi connectivity index (χ2n) is 4.73. The average Bonchev–Trinajstić information content (AvgIpc) is 2.57. The van der Waals surface area contributed by atoms with Gasteiger partial charge < -0.3 is 10.4 Å². The Kier molecular flexibility index (Phi) is 2.01. The minimum Gasteiger partial charge on any atom is -0.480 e. The molecule has 1 aliphatic heterocycles. The molecule has 0 bridgehead atoms. The third-order valence-corrected chi connectivity index (χ3v) is 3.57. The first-order valence-electron chi connectivity index (χ1n) is 5.06. The van der Waals surface area contributed by atoms with Gasteiger partial charge in [0.05, 0.1) is 0 Å². The molecule has 1 heterocycles. The SMILES string of the molecule is CC1CCC2(CC(=O)NC2C(=O)O)C1. The molecule has 14 heavy (non-hydrogen) atoms. The van der Waals surface area contributed by atoms with Gasteiger partial charge in [-0.3, -0.25) is 4.79 Å². The fourth-order valence-electron chi connectivity index (χ4n) is 2.97. The summed E-state index contributed by atoms with van der Waals surface area (Å²) in [5.41, 5.74) is -0.289. The number of rotatable bonds is 1. The highest BCUT2D eigenvalue weighted by molar-refractivity contribution is 5.89. The lowest BCUT2D eigenvalue weighted by Crippen LogP contribution is -2.42. The monoisotopic (exact) mass is 197 g/mol. The minimum absolute atomic E-state index is 0.105. The third-order valence-electron chi connectivity index (χ3n) is 3.57. The molecule has 4 heteroatoms. The molecule has 1 spiro atoms. The largest absolute Gasteiger partial charge is 0.480 e. The highest BCUT2D eigenvalue weighted by atomic mass is 16.4. The minimum atomic E-state index is -0.884. The number of amides is 1. The van der Waals surface area contributed by atoms with E-state index in [9.17, 15) is 9.59 Å². The number of carbonyl (C=O) groups excluding carboxylic acids is 1. The summed E-state index contributed by atoms with van der Waals surface area (Å²) < 4.78 is 0. The Morgan fingerprint density at radius 2 is 2.36 bits per heavy atom. The Hall–Kier alpha value is -1.06. The molecule has 0 aromatic heterocycles. The summed E-state index contributed by atoms with van der Waals surface area (Å²) in [6, 6.07) is -0.653. The standard InChI is InChI=1S/C10H15NO3/c1-6-2-3-10(4-6)5-7(12)11-8(10)9(13)14/h6,8H,2-5H2,1H3,(H,11,12)(H,13,14). The molecule has 78 valence electrons. The second-order valence-corrected chi connectivity index (χ2v) is 4.73. The van der Waals surface area contributed by atoms with Gasteiger partial charge in [0, 0.05) is 11.8 Å². The van der Waals surface area contributed by atoms with E-state index < -0.39 is 12.0 Å². The summed E-state index contributed by atoms with van der Waals surface area (Å²) in [6.45, 7) is 2.12. The highest BCUT2D eigenvalue weighted by Gasteiger charge is 2.53. The molecule has 4 nitrogen and oxygen atoms in total. The molecule has 1 saturated heterocycles. The summed E-state index contributed by atoms with van der Waals surface area (Å²) >= 11 is 0. The van der Waals surface area contributed by atoms with E-state index in [0.717, 1.165) is 19.3 Å². The summed E-state index contributed by atoms with van der Waals surface area (Å²) in [5, 5.41) is 11.6. The molecule has 1 aliphatic carbocycles. The van der Waals surface area contributed by atoms with Gasteiger partial charge in [-0.05, 0) is 18.8 Å². The number of hydrogen-bond donors (Lipinski definition) is 2. The van der Waals surface area contributed by atoms with Crippen molar-refractivity contribution in [1.82, 2.24) is 5.32 Å². The van der Waals surface area contributed by atoms with Crippen molar-refractivity contribution in [1.29, 1.82) is 0 Å². The van der Waals surface area contributed by atoms with Crippen LogP contribution in [0.5, 0.6) is 0 Å². The van der Waals surface area contributed by atoms with Crippen LogP contribution in [0.15, 0.2) is 0 Å². The zero-order chi connectivity index (χ0) is 10.3. The van der Waals surface area contributed by atoms with Crippen LogP contribution in [-0.4, -0.2) is 23.0 Å². The number of carboxylic acid groups (broad SMARTS) is 1. The third kappa shape index (κ3) is 1.29. The van der Waals surface area contributed by atoms with Crippen LogP contribution in [0.2, 0.25) is 0 Å². The molecule has 0 aromatic carbocycles. The normalized spacial score (nSPS) is 41.6. The summed E-state index contributed by atoms with van der Waals surface area (Å²) in [5.74, 6) is -0.444. The fraction of sp³-hybridized carbons (Fsp3) is 0.800. The zero-order valence-electron chi connectivity index (χ0n) is 8.25. The van der Waals surface area contributed by atoms with Crippen LogP contribution in [0.25, 0.3) is 0 Å². The van der Waals surface area contributed by atoms with Crippen molar-refractivity contribution in [3.8, 4) is 0 Å². The van der Waals surface area contributed by atoms with Crippen molar-refractivity contribution in [2.75, 3.05) is 0 Å². The van der Waals surface area contributed by atoms with Gasteiger partial charge in [-0.25, -0.2) is 4.79 Å². The molecule has 1 amide bonds. The van der Waals surface area contributed by atoms with E-state index in [1.807, 2.05) is 0 Å². The molecule has 1 saturated carbocycles. The van der Waals surface area contributed by atoms with Gasteiger partial charge in [0.1, 0.15) is 6.04 Å². The smallest absolute Gasteiger partial charge is 0.326 e. The molecule has 0 radical (unpaired) electrons. The van der Waals surface area contributed by atoms with Crippen LogP contribution in [-0.2, 0) is 9.59 Å². The van der Waals surface area contributed by atoms with Crippen molar-refractivity contribution >= 4 is 11.9 Å². The van der Waals surface area contributed by atoms with Crippen LogP contribution in [0.3, 0.4) is 0 Å². The molecule has 3 unspecified atom stereocenters. The maximum atomic E-state index is 11.3. The van der Waals surface area contributed by atoms with E-state index in [1.54, 1.807) is 0 Å². The first kappa shape index (κ1) is 9.49. The van der Waals surface area contributed by atoms with Gasteiger partial charge in [0.2, 0.25) is 5.91 Å². The summed E-state index contributed by atoms with van der Waals surface area (Å²) in [6.07, 6.45) is 3.17. The van der Waals surface area contributed by atoms with E-state index in [2.05, 4.69) is 12.2 Å². The molecule has 2 N–H and O–H groups in total. The van der Waals surface area contributed by atoms with Crippen molar-refractivity contribution < 1.29 is 14.7 Å². The van der Waals surface area contributed by atoms with Crippen molar-refractivity contribution in [2.24, 2.45) is 11.3 Å². The van der Waals surface area contributed by atoms with Crippen LogP contribution >= 0.6 is 0 Å². The number of carbonyl (C=O) groups is 2.